The number of benzene rings is 2. The number of hydrogen-bond donors (Lipinski definition) is 2. The van der Waals surface area contributed by atoms with Crippen molar-refractivity contribution >= 4 is 84.8 Å². The van der Waals surface area contributed by atoms with Gasteiger partial charge in [0.2, 0.25) is 10.0 Å². The van der Waals surface area contributed by atoms with Crippen molar-refractivity contribution in [1.29, 1.82) is 0 Å². The zero-order valence-corrected chi connectivity index (χ0v) is 22.8. The highest BCUT2D eigenvalue weighted by molar-refractivity contribution is 9.10. The maximum absolute atomic E-state index is 12.3. The summed E-state index contributed by atoms with van der Waals surface area (Å²) in [6.45, 7) is 0. The first kappa shape index (κ1) is 27.3. The van der Waals surface area contributed by atoms with Crippen LogP contribution in [-0.4, -0.2) is 34.1 Å². The molecule has 2 N–H and O–H groups in total. The van der Waals surface area contributed by atoms with Crippen molar-refractivity contribution in [3.8, 4) is 0 Å². The zero-order chi connectivity index (χ0) is 23.4. The summed E-state index contributed by atoms with van der Waals surface area (Å²) in [5.74, 6) is 0. The van der Waals surface area contributed by atoms with E-state index in [1.807, 2.05) is 0 Å². The average molecular weight is 659 g/mol. The van der Waals surface area contributed by atoms with Crippen molar-refractivity contribution < 1.29 is 21.9 Å². The zero-order valence-electron chi connectivity index (χ0n) is 15.7. The molecule has 1 aliphatic rings. The van der Waals surface area contributed by atoms with E-state index in [0.717, 1.165) is 0 Å². The molecule has 0 aromatic heterocycles. The number of sulfonamides is 1. The summed E-state index contributed by atoms with van der Waals surface area (Å²) in [6, 6.07) is 9.04. The van der Waals surface area contributed by atoms with E-state index >= 15 is 0 Å². The molecule has 1 fully saturated rings. The number of hydrogen-bond acceptors (Lipinski definition) is 5. The molecule has 0 spiro atoms. The van der Waals surface area contributed by atoms with Gasteiger partial charge in [-0.1, -0.05) is 55.1 Å². The third-order valence-electron chi connectivity index (χ3n) is 4.36. The van der Waals surface area contributed by atoms with Crippen LogP contribution in [0.2, 0.25) is 10.0 Å². The van der Waals surface area contributed by atoms with Gasteiger partial charge in [0, 0.05) is 25.7 Å². The highest BCUT2D eigenvalue weighted by atomic mass is 79.9. The Kier molecular flexibility index (Phi) is 10.1. The van der Waals surface area contributed by atoms with Crippen LogP contribution in [0.15, 0.2) is 55.1 Å². The van der Waals surface area contributed by atoms with Gasteiger partial charge in [-0.25, -0.2) is 21.6 Å². The lowest BCUT2D eigenvalue weighted by Crippen LogP contribution is -2.38. The van der Waals surface area contributed by atoms with E-state index in [1.165, 1.54) is 18.2 Å². The summed E-state index contributed by atoms with van der Waals surface area (Å²) < 4.78 is 50.2. The Morgan fingerprint density at radius 2 is 1.29 bits per heavy atom. The van der Waals surface area contributed by atoms with Gasteiger partial charge in [-0.05, 0) is 62.1 Å². The van der Waals surface area contributed by atoms with Gasteiger partial charge in [-0.2, -0.15) is 0 Å². The summed E-state index contributed by atoms with van der Waals surface area (Å²) in [4.78, 5) is -0.00475. The standard InChI is InChI=1S/C12H15BrClNO3S.C6H3BrCl2O2S/c13-8-1-6-11(14)12(7-8)19(17,18)15-9-2-4-10(16)5-3-9;7-4-1-2-5(8)6(3-4)12(9,10)11/h1,6-7,9-10,15-16H,2-5H2;1-3H. The monoisotopic (exact) mass is 655 g/mol. The number of aliphatic hydroxyl groups is 1. The fraction of sp³-hybridized carbons (Fsp3) is 0.333. The minimum absolute atomic E-state index is 0.0784. The maximum Gasteiger partial charge on any atom is 0.262 e. The van der Waals surface area contributed by atoms with Crippen LogP contribution in [0.1, 0.15) is 25.7 Å². The topological polar surface area (TPSA) is 101 Å². The molecule has 0 atom stereocenters. The molecule has 2 aromatic carbocycles. The fourth-order valence-corrected chi connectivity index (χ4v) is 7.17. The van der Waals surface area contributed by atoms with Crippen molar-refractivity contribution in [1.82, 2.24) is 4.72 Å². The van der Waals surface area contributed by atoms with Gasteiger partial charge in [-0.15, -0.1) is 0 Å². The van der Waals surface area contributed by atoms with Crippen molar-refractivity contribution in [2.45, 2.75) is 47.6 Å². The highest BCUT2D eigenvalue weighted by Crippen LogP contribution is 2.28. The molecule has 0 aliphatic heterocycles. The molecular formula is C18H18Br2Cl3NO5S2. The van der Waals surface area contributed by atoms with Gasteiger partial charge >= 0.3 is 0 Å². The highest BCUT2D eigenvalue weighted by Gasteiger charge is 2.26. The average Bonchev–Trinajstić information content (AvgIpc) is 2.67. The van der Waals surface area contributed by atoms with Gasteiger partial charge in [0.05, 0.1) is 16.1 Å². The van der Waals surface area contributed by atoms with Crippen molar-refractivity contribution in [3.63, 3.8) is 0 Å². The van der Waals surface area contributed by atoms with E-state index in [4.69, 9.17) is 33.9 Å². The molecule has 1 saturated carbocycles. The Labute approximate surface area is 213 Å². The van der Waals surface area contributed by atoms with E-state index in [0.29, 0.717) is 34.6 Å². The normalized spacial score (nSPS) is 19.4. The quantitative estimate of drug-likeness (QED) is 0.410. The molecule has 31 heavy (non-hydrogen) atoms. The van der Waals surface area contributed by atoms with Gasteiger partial charge < -0.3 is 5.11 Å². The first-order valence-electron chi connectivity index (χ1n) is 8.85. The lowest BCUT2D eigenvalue weighted by molar-refractivity contribution is 0.120. The van der Waals surface area contributed by atoms with Crippen molar-refractivity contribution in [3.05, 3.63) is 55.4 Å². The van der Waals surface area contributed by atoms with Crippen LogP contribution in [0.3, 0.4) is 0 Å². The third-order valence-corrected chi connectivity index (χ3v) is 9.15. The van der Waals surface area contributed by atoms with Crippen LogP contribution in [-0.2, 0) is 19.1 Å². The lowest BCUT2D eigenvalue weighted by atomic mass is 9.94. The van der Waals surface area contributed by atoms with E-state index in [1.54, 1.807) is 18.2 Å². The largest absolute Gasteiger partial charge is 0.393 e. The molecule has 6 nitrogen and oxygen atoms in total. The third kappa shape index (κ3) is 8.42. The van der Waals surface area contributed by atoms with Crippen LogP contribution < -0.4 is 4.72 Å². The summed E-state index contributed by atoms with van der Waals surface area (Å²) in [7, 11) is -2.27. The molecule has 0 saturated heterocycles. The van der Waals surface area contributed by atoms with Gasteiger partial charge in [0.25, 0.3) is 9.05 Å². The summed E-state index contributed by atoms with van der Waals surface area (Å²) >= 11 is 17.9. The Morgan fingerprint density at radius 3 is 1.74 bits per heavy atom. The molecule has 172 valence electrons. The Balaban J connectivity index is 0.000000245. The van der Waals surface area contributed by atoms with Crippen molar-refractivity contribution in [2.24, 2.45) is 0 Å². The fourth-order valence-electron chi connectivity index (χ4n) is 2.82. The smallest absolute Gasteiger partial charge is 0.262 e. The minimum Gasteiger partial charge on any atom is -0.393 e. The maximum atomic E-state index is 12.3. The molecular weight excluding hydrogens is 641 g/mol. The molecule has 0 unspecified atom stereocenters. The second-order valence-electron chi connectivity index (χ2n) is 6.71. The van der Waals surface area contributed by atoms with Gasteiger partial charge in [-0.3, -0.25) is 0 Å². The lowest BCUT2D eigenvalue weighted by Gasteiger charge is -2.26. The molecule has 3 rings (SSSR count). The van der Waals surface area contributed by atoms with E-state index in [9.17, 15) is 21.9 Å². The predicted molar refractivity (Wildman–Crippen MR) is 130 cm³/mol. The Morgan fingerprint density at radius 1 is 0.839 bits per heavy atom. The number of rotatable bonds is 4. The number of nitrogens with one attached hydrogen (secondary N) is 1. The Bertz CT molecular complexity index is 1140. The number of halogens is 5. The predicted octanol–water partition coefficient (Wildman–Crippen LogP) is 5.71. The molecule has 13 heteroatoms. The summed E-state index contributed by atoms with van der Waals surface area (Å²) in [5.41, 5.74) is 0. The molecule has 0 radical (unpaired) electrons. The second kappa shape index (κ2) is 11.5. The minimum atomic E-state index is -3.75. The van der Waals surface area contributed by atoms with Crippen LogP contribution in [0.4, 0.5) is 0 Å². The first-order valence-corrected chi connectivity index (χ1v) is 15.0. The first-order chi connectivity index (χ1) is 14.3. The van der Waals surface area contributed by atoms with Gasteiger partial charge in [0.15, 0.2) is 0 Å². The van der Waals surface area contributed by atoms with Crippen LogP contribution in [0.5, 0.6) is 0 Å². The van der Waals surface area contributed by atoms with E-state index < -0.39 is 19.1 Å². The SMILES string of the molecule is O=S(=O)(Cl)c1cc(Br)ccc1Cl.O=S(=O)(NC1CCC(O)CC1)c1cc(Br)ccc1Cl. The summed E-state index contributed by atoms with van der Waals surface area (Å²) in [5, 5.41) is 9.74. The van der Waals surface area contributed by atoms with Gasteiger partial charge in [0.1, 0.15) is 9.79 Å². The molecule has 0 heterocycles. The van der Waals surface area contributed by atoms with Crippen LogP contribution in [0, 0.1) is 0 Å². The van der Waals surface area contributed by atoms with E-state index in [-0.39, 0.29) is 32.0 Å². The molecule has 2 aromatic rings. The van der Waals surface area contributed by atoms with Crippen LogP contribution in [0.25, 0.3) is 0 Å². The number of aliphatic hydroxyl groups excluding tert-OH is 1. The second-order valence-corrected chi connectivity index (χ2v) is 13.6. The molecule has 1 aliphatic carbocycles. The van der Waals surface area contributed by atoms with Crippen LogP contribution >= 0.6 is 65.7 Å². The Hall–Kier alpha value is 0.0900. The summed E-state index contributed by atoms with van der Waals surface area (Å²) in [6.07, 6.45) is 2.23. The molecule has 0 amide bonds. The van der Waals surface area contributed by atoms with Crippen molar-refractivity contribution in [2.75, 3.05) is 0 Å². The van der Waals surface area contributed by atoms with E-state index in [2.05, 4.69) is 36.6 Å². The molecule has 0 bridgehead atoms.